The van der Waals surface area contributed by atoms with E-state index < -0.39 is 0 Å². The molecule has 7 heteroatoms. The predicted octanol–water partition coefficient (Wildman–Crippen LogP) is 4.69. The molecule has 0 unspecified atom stereocenters. The molecule has 33 heavy (non-hydrogen) atoms. The van der Waals surface area contributed by atoms with Gasteiger partial charge in [-0.1, -0.05) is 24.3 Å². The lowest BCUT2D eigenvalue weighted by molar-refractivity contribution is 0.107. The molecule has 3 aromatic carbocycles. The smallest absolute Gasteiger partial charge is 0.172 e. The van der Waals surface area contributed by atoms with Crippen LogP contribution in [0.15, 0.2) is 78.8 Å². The molecule has 5 rings (SSSR count). The van der Waals surface area contributed by atoms with Crippen LogP contribution < -0.4 is 9.47 Å². The number of aromatic hydroxyl groups is 1. The Morgan fingerprint density at radius 2 is 1.39 bits per heavy atom. The number of hydrogen-bond acceptors (Lipinski definition) is 5. The zero-order valence-electron chi connectivity index (χ0n) is 18.0. The summed E-state index contributed by atoms with van der Waals surface area (Å²) in [4.78, 5) is 4.62. The SMILES string of the molecule is Oc1ccc2c(c1)OC=C(CN1CCN(C(c3ccc(F)cc3)c3ccc(F)cc3)CC1)O2. The molecule has 0 saturated carbocycles. The molecule has 0 aromatic heterocycles. The van der Waals surface area contributed by atoms with Gasteiger partial charge in [-0.3, -0.25) is 9.80 Å². The quantitative estimate of drug-likeness (QED) is 0.611. The van der Waals surface area contributed by atoms with Gasteiger partial charge in [-0.15, -0.1) is 0 Å². The Bertz CT molecular complexity index is 1100. The molecule has 0 atom stereocenters. The molecule has 3 aromatic rings. The summed E-state index contributed by atoms with van der Waals surface area (Å²) in [6, 6.07) is 17.7. The van der Waals surface area contributed by atoms with Crippen molar-refractivity contribution in [2.45, 2.75) is 6.04 Å². The minimum absolute atomic E-state index is 0.0821. The Kier molecular flexibility index (Phi) is 5.98. The minimum atomic E-state index is -0.277. The monoisotopic (exact) mass is 450 g/mol. The van der Waals surface area contributed by atoms with E-state index >= 15 is 0 Å². The Labute approximate surface area is 191 Å². The van der Waals surface area contributed by atoms with Gasteiger partial charge in [0.1, 0.15) is 23.6 Å². The molecule has 2 aliphatic heterocycles. The van der Waals surface area contributed by atoms with E-state index in [0.29, 0.717) is 23.8 Å². The number of phenols is 1. The maximum atomic E-state index is 13.5. The summed E-state index contributed by atoms with van der Waals surface area (Å²) in [6.07, 6.45) is 1.58. The normalized spacial score (nSPS) is 16.6. The first-order valence-corrected chi connectivity index (χ1v) is 10.9. The fourth-order valence-corrected chi connectivity index (χ4v) is 4.34. The van der Waals surface area contributed by atoms with E-state index in [9.17, 15) is 13.9 Å². The second-order valence-electron chi connectivity index (χ2n) is 8.25. The lowest BCUT2D eigenvalue weighted by Gasteiger charge is -2.40. The second kappa shape index (κ2) is 9.21. The molecule has 1 saturated heterocycles. The summed E-state index contributed by atoms with van der Waals surface area (Å²) in [5, 5.41) is 9.57. The molecule has 2 aliphatic rings. The van der Waals surface area contributed by atoms with Crippen molar-refractivity contribution < 1.29 is 23.4 Å². The van der Waals surface area contributed by atoms with Gasteiger partial charge in [0.15, 0.2) is 17.3 Å². The summed E-state index contributed by atoms with van der Waals surface area (Å²) in [5.74, 6) is 1.35. The van der Waals surface area contributed by atoms with Crippen LogP contribution in [0.5, 0.6) is 17.2 Å². The van der Waals surface area contributed by atoms with Gasteiger partial charge in [-0.2, -0.15) is 0 Å². The van der Waals surface area contributed by atoms with E-state index in [1.54, 1.807) is 42.7 Å². The van der Waals surface area contributed by atoms with Crippen LogP contribution in [0.3, 0.4) is 0 Å². The van der Waals surface area contributed by atoms with Gasteiger partial charge < -0.3 is 14.6 Å². The average molecular weight is 450 g/mol. The Balaban J connectivity index is 1.26. The molecule has 5 nitrogen and oxygen atoms in total. The zero-order valence-corrected chi connectivity index (χ0v) is 18.0. The number of piperazine rings is 1. The molecule has 1 fully saturated rings. The fourth-order valence-electron chi connectivity index (χ4n) is 4.34. The summed E-state index contributed by atoms with van der Waals surface area (Å²) in [7, 11) is 0. The summed E-state index contributed by atoms with van der Waals surface area (Å²) in [5.41, 5.74) is 1.95. The largest absolute Gasteiger partial charge is 0.508 e. The Morgan fingerprint density at radius 3 is 2.00 bits per heavy atom. The van der Waals surface area contributed by atoms with Gasteiger partial charge in [0, 0.05) is 32.2 Å². The molecular weight excluding hydrogens is 426 g/mol. The summed E-state index contributed by atoms with van der Waals surface area (Å²) in [6.45, 7) is 3.80. The second-order valence-corrected chi connectivity index (χ2v) is 8.25. The summed E-state index contributed by atoms with van der Waals surface area (Å²) >= 11 is 0. The van der Waals surface area contributed by atoms with Gasteiger partial charge in [0.2, 0.25) is 0 Å². The fraction of sp³-hybridized carbons (Fsp3) is 0.231. The number of benzene rings is 3. The third kappa shape index (κ3) is 4.84. The van der Waals surface area contributed by atoms with Crippen molar-refractivity contribution in [3.8, 4) is 17.2 Å². The van der Waals surface area contributed by atoms with Gasteiger partial charge in [-0.25, -0.2) is 8.78 Å². The average Bonchev–Trinajstić information content (AvgIpc) is 2.83. The number of rotatable bonds is 5. The van der Waals surface area contributed by atoms with Gasteiger partial charge in [-0.05, 0) is 47.5 Å². The van der Waals surface area contributed by atoms with Crippen molar-refractivity contribution >= 4 is 0 Å². The molecule has 0 amide bonds. The van der Waals surface area contributed by atoms with Crippen LogP contribution in [0.1, 0.15) is 17.2 Å². The molecular formula is C26H24F2N2O3. The molecule has 0 aliphatic carbocycles. The maximum Gasteiger partial charge on any atom is 0.172 e. The third-order valence-corrected chi connectivity index (χ3v) is 6.01. The van der Waals surface area contributed by atoms with Crippen molar-refractivity contribution in [2.24, 2.45) is 0 Å². The van der Waals surface area contributed by atoms with Crippen LogP contribution in [0, 0.1) is 11.6 Å². The lowest BCUT2D eigenvalue weighted by Crippen LogP contribution is -2.48. The predicted molar refractivity (Wildman–Crippen MR) is 120 cm³/mol. The molecule has 0 radical (unpaired) electrons. The number of phenolic OH excluding ortho intramolecular Hbond substituents is 1. The van der Waals surface area contributed by atoms with E-state index in [1.807, 2.05) is 0 Å². The van der Waals surface area contributed by atoms with Crippen LogP contribution in [-0.2, 0) is 0 Å². The Morgan fingerprint density at radius 1 is 0.788 bits per heavy atom. The standard InChI is InChI=1S/C26H24F2N2O3/c27-20-5-1-18(2-6-20)26(19-3-7-21(28)8-4-19)30-13-11-29(12-14-30)16-23-17-32-25-15-22(31)9-10-24(25)33-23/h1-10,15,17,26,31H,11-14,16H2. The lowest BCUT2D eigenvalue weighted by atomic mass is 9.96. The van der Waals surface area contributed by atoms with E-state index in [1.165, 1.54) is 30.3 Å². The van der Waals surface area contributed by atoms with Crippen molar-refractivity contribution in [1.29, 1.82) is 0 Å². The van der Waals surface area contributed by atoms with Crippen LogP contribution in [0.25, 0.3) is 0 Å². The number of hydrogen-bond donors (Lipinski definition) is 1. The molecule has 2 heterocycles. The van der Waals surface area contributed by atoms with E-state index in [0.717, 1.165) is 37.3 Å². The van der Waals surface area contributed by atoms with E-state index in [2.05, 4.69) is 9.80 Å². The van der Waals surface area contributed by atoms with Gasteiger partial charge in [0.25, 0.3) is 0 Å². The first kappa shape index (κ1) is 21.4. The zero-order chi connectivity index (χ0) is 22.8. The van der Waals surface area contributed by atoms with Crippen LogP contribution in [0.2, 0.25) is 0 Å². The first-order valence-electron chi connectivity index (χ1n) is 10.9. The molecule has 170 valence electrons. The van der Waals surface area contributed by atoms with E-state index in [-0.39, 0.29) is 23.4 Å². The van der Waals surface area contributed by atoms with Crippen LogP contribution >= 0.6 is 0 Å². The number of nitrogens with zero attached hydrogens (tertiary/aromatic N) is 2. The highest BCUT2D eigenvalue weighted by Crippen LogP contribution is 2.35. The molecule has 0 bridgehead atoms. The summed E-state index contributed by atoms with van der Waals surface area (Å²) < 4.78 is 38.6. The number of fused-ring (bicyclic) bond motifs is 1. The highest BCUT2D eigenvalue weighted by Gasteiger charge is 2.28. The van der Waals surface area contributed by atoms with Crippen LogP contribution in [0.4, 0.5) is 8.78 Å². The van der Waals surface area contributed by atoms with Crippen molar-refractivity contribution in [3.63, 3.8) is 0 Å². The van der Waals surface area contributed by atoms with Crippen molar-refractivity contribution in [1.82, 2.24) is 9.80 Å². The minimum Gasteiger partial charge on any atom is -0.508 e. The topological polar surface area (TPSA) is 45.2 Å². The third-order valence-electron chi connectivity index (χ3n) is 6.01. The molecule has 1 N–H and O–H groups in total. The number of ether oxygens (including phenoxy) is 2. The van der Waals surface area contributed by atoms with E-state index in [4.69, 9.17) is 9.47 Å². The Hall–Kier alpha value is -3.42. The highest BCUT2D eigenvalue weighted by molar-refractivity contribution is 5.47. The van der Waals surface area contributed by atoms with Gasteiger partial charge in [0.05, 0.1) is 12.6 Å². The van der Waals surface area contributed by atoms with Crippen molar-refractivity contribution in [3.05, 3.63) is 102 Å². The highest BCUT2D eigenvalue weighted by atomic mass is 19.1. The number of halogens is 2. The first-order chi connectivity index (χ1) is 16.0. The van der Waals surface area contributed by atoms with Gasteiger partial charge >= 0.3 is 0 Å². The molecule has 0 spiro atoms. The maximum absolute atomic E-state index is 13.5. The van der Waals surface area contributed by atoms with Crippen LogP contribution in [-0.4, -0.2) is 47.6 Å². The van der Waals surface area contributed by atoms with Crippen molar-refractivity contribution in [2.75, 3.05) is 32.7 Å².